The minimum absolute atomic E-state index is 0.106. The van der Waals surface area contributed by atoms with Crippen LogP contribution in [-0.4, -0.2) is 38.3 Å². The highest BCUT2D eigenvalue weighted by Crippen LogP contribution is 2.26. The number of unbranched alkanes of at least 4 members (excludes halogenated alkanes) is 1. The van der Waals surface area contributed by atoms with E-state index in [-0.39, 0.29) is 18.4 Å². The summed E-state index contributed by atoms with van der Waals surface area (Å²) >= 11 is 0. The molecule has 146 valence electrons. The third-order valence-corrected chi connectivity index (χ3v) is 4.47. The summed E-state index contributed by atoms with van der Waals surface area (Å²) in [5, 5.41) is 16.7. The maximum atomic E-state index is 12.8. The lowest BCUT2D eigenvalue weighted by Gasteiger charge is -2.11. The summed E-state index contributed by atoms with van der Waals surface area (Å²) in [5.74, 6) is -1.03. The number of aliphatic carboxylic acids is 1. The number of carboxylic acid groups (broad SMARTS) is 1. The number of rotatable bonds is 8. The number of pyridine rings is 1. The third kappa shape index (κ3) is 4.36. The number of fused-ring (bicyclic) bond motifs is 1. The second-order valence-corrected chi connectivity index (χ2v) is 6.95. The molecule has 0 aliphatic heterocycles. The van der Waals surface area contributed by atoms with Gasteiger partial charge in [-0.1, -0.05) is 30.3 Å². The molecule has 2 aromatic heterocycles. The van der Waals surface area contributed by atoms with Gasteiger partial charge >= 0.3 is 5.97 Å². The first-order valence-corrected chi connectivity index (χ1v) is 9.41. The van der Waals surface area contributed by atoms with Gasteiger partial charge < -0.3 is 10.4 Å². The molecule has 0 bridgehead atoms. The van der Waals surface area contributed by atoms with Gasteiger partial charge in [0.2, 0.25) is 0 Å². The monoisotopic (exact) mass is 380 g/mol. The van der Waals surface area contributed by atoms with Crippen molar-refractivity contribution in [3.05, 3.63) is 48.2 Å². The van der Waals surface area contributed by atoms with Crippen molar-refractivity contribution in [2.45, 2.75) is 39.2 Å². The summed E-state index contributed by atoms with van der Waals surface area (Å²) in [5.41, 5.74) is 2.84. The highest BCUT2D eigenvalue weighted by atomic mass is 16.4. The average molecular weight is 380 g/mol. The summed E-state index contributed by atoms with van der Waals surface area (Å²) < 4.78 is 1.81. The zero-order valence-corrected chi connectivity index (χ0v) is 16.1. The van der Waals surface area contributed by atoms with Crippen LogP contribution in [0.25, 0.3) is 22.3 Å². The number of benzene rings is 1. The SMILES string of the molecule is CC(C)n1ncc2c(C(=O)NCCCCC(=O)O)cc(-c3ccccc3)nc21. The number of amides is 1. The maximum absolute atomic E-state index is 12.8. The number of carbonyl (C=O) groups excluding carboxylic acids is 1. The van der Waals surface area contributed by atoms with Gasteiger partial charge in [-0.3, -0.25) is 9.59 Å². The molecule has 0 aliphatic carbocycles. The molecule has 0 unspecified atom stereocenters. The molecule has 2 heterocycles. The van der Waals surface area contributed by atoms with Crippen molar-refractivity contribution in [2.75, 3.05) is 6.54 Å². The van der Waals surface area contributed by atoms with E-state index in [9.17, 15) is 9.59 Å². The lowest BCUT2D eigenvalue weighted by atomic mass is 10.1. The summed E-state index contributed by atoms with van der Waals surface area (Å²) in [6.07, 6.45) is 2.93. The Morgan fingerprint density at radius 3 is 2.61 bits per heavy atom. The lowest BCUT2D eigenvalue weighted by Crippen LogP contribution is -2.25. The number of nitrogens with zero attached hydrogens (tertiary/aromatic N) is 3. The van der Waals surface area contributed by atoms with Gasteiger partial charge in [-0.05, 0) is 32.8 Å². The Morgan fingerprint density at radius 2 is 1.93 bits per heavy atom. The summed E-state index contributed by atoms with van der Waals surface area (Å²) in [6, 6.07) is 11.6. The van der Waals surface area contributed by atoms with E-state index in [2.05, 4.69) is 10.4 Å². The van der Waals surface area contributed by atoms with Crippen LogP contribution in [-0.2, 0) is 4.79 Å². The molecule has 0 fully saturated rings. The predicted octanol–water partition coefficient (Wildman–Crippen LogP) is 3.66. The summed E-state index contributed by atoms with van der Waals surface area (Å²) in [4.78, 5) is 28.2. The average Bonchev–Trinajstić information content (AvgIpc) is 3.11. The van der Waals surface area contributed by atoms with E-state index in [1.165, 1.54) is 0 Å². The molecule has 28 heavy (non-hydrogen) atoms. The Hall–Kier alpha value is -3.22. The predicted molar refractivity (Wildman–Crippen MR) is 107 cm³/mol. The topological polar surface area (TPSA) is 97.1 Å². The van der Waals surface area contributed by atoms with Crippen molar-refractivity contribution in [1.29, 1.82) is 0 Å². The molecular formula is C21H24N4O3. The first-order chi connectivity index (χ1) is 13.5. The molecular weight excluding hydrogens is 356 g/mol. The van der Waals surface area contributed by atoms with E-state index in [1.54, 1.807) is 12.3 Å². The van der Waals surface area contributed by atoms with Crippen LogP contribution >= 0.6 is 0 Å². The number of carbonyl (C=O) groups is 2. The highest BCUT2D eigenvalue weighted by molar-refractivity contribution is 6.06. The number of nitrogens with one attached hydrogen (secondary N) is 1. The molecule has 0 aliphatic rings. The zero-order valence-electron chi connectivity index (χ0n) is 16.1. The van der Waals surface area contributed by atoms with Crippen molar-refractivity contribution in [3.8, 4) is 11.3 Å². The van der Waals surface area contributed by atoms with E-state index in [4.69, 9.17) is 10.1 Å². The molecule has 3 rings (SSSR count). The smallest absolute Gasteiger partial charge is 0.303 e. The Labute approximate surface area is 163 Å². The number of carboxylic acids is 1. The van der Waals surface area contributed by atoms with E-state index in [0.29, 0.717) is 41.7 Å². The zero-order chi connectivity index (χ0) is 20.1. The van der Waals surface area contributed by atoms with Crippen molar-refractivity contribution >= 4 is 22.9 Å². The van der Waals surface area contributed by atoms with Gasteiger partial charge in [0.25, 0.3) is 5.91 Å². The fraction of sp³-hybridized carbons (Fsp3) is 0.333. The lowest BCUT2D eigenvalue weighted by molar-refractivity contribution is -0.137. The van der Waals surface area contributed by atoms with Crippen molar-refractivity contribution in [2.24, 2.45) is 0 Å². The fourth-order valence-electron chi connectivity index (χ4n) is 3.04. The number of hydrogen-bond acceptors (Lipinski definition) is 4. The molecule has 0 saturated heterocycles. The van der Waals surface area contributed by atoms with Gasteiger partial charge in [-0.25, -0.2) is 9.67 Å². The second kappa shape index (κ2) is 8.65. The number of aromatic nitrogens is 3. The van der Waals surface area contributed by atoms with E-state index in [0.717, 1.165) is 5.56 Å². The minimum Gasteiger partial charge on any atom is -0.481 e. The van der Waals surface area contributed by atoms with Crippen LogP contribution in [0.2, 0.25) is 0 Å². The Balaban J connectivity index is 1.91. The Bertz CT molecular complexity index is 980. The van der Waals surface area contributed by atoms with E-state index in [1.807, 2.05) is 48.9 Å². The molecule has 3 aromatic rings. The van der Waals surface area contributed by atoms with Crippen molar-refractivity contribution in [3.63, 3.8) is 0 Å². The Kier molecular flexibility index (Phi) is 6.03. The fourth-order valence-corrected chi connectivity index (χ4v) is 3.04. The molecule has 1 amide bonds. The van der Waals surface area contributed by atoms with Crippen LogP contribution in [0.3, 0.4) is 0 Å². The molecule has 0 atom stereocenters. The normalized spacial score (nSPS) is 11.1. The van der Waals surface area contributed by atoms with Crippen LogP contribution in [0.5, 0.6) is 0 Å². The first kappa shape index (κ1) is 19.5. The molecule has 0 spiro atoms. The van der Waals surface area contributed by atoms with Crippen LogP contribution in [0, 0.1) is 0 Å². The van der Waals surface area contributed by atoms with Crippen molar-refractivity contribution in [1.82, 2.24) is 20.1 Å². The number of hydrogen-bond donors (Lipinski definition) is 2. The summed E-state index contributed by atoms with van der Waals surface area (Å²) in [7, 11) is 0. The molecule has 2 N–H and O–H groups in total. The van der Waals surface area contributed by atoms with Gasteiger partial charge in [0.1, 0.15) is 0 Å². The van der Waals surface area contributed by atoms with Gasteiger partial charge in [-0.15, -0.1) is 0 Å². The molecule has 1 aromatic carbocycles. The van der Waals surface area contributed by atoms with Crippen LogP contribution < -0.4 is 5.32 Å². The maximum Gasteiger partial charge on any atom is 0.303 e. The van der Waals surface area contributed by atoms with Crippen molar-refractivity contribution < 1.29 is 14.7 Å². The minimum atomic E-state index is -0.823. The molecule has 7 nitrogen and oxygen atoms in total. The van der Waals surface area contributed by atoms with E-state index >= 15 is 0 Å². The highest BCUT2D eigenvalue weighted by Gasteiger charge is 2.18. The largest absolute Gasteiger partial charge is 0.481 e. The third-order valence-electron chi connectivity index (χ3n) is 4.47. The Morgan fingerprint density at radius 1 is 1.18 bits per heavy atom. The van der Waals surface area contributed by atoms with Crippen LogP contribution in [0.1, 0.15) is 49.5 Å². The van der Waals surface area contributed by atoms with Crippen LogP contribution in [0.15, 0.2) is 42.6 Å². The quantitative estimate of drug-likeness (QED) is 0.581. The van der Waals surface area contributed by atoms with Gasteiger partial charge in [0.05, 0.1) is 22.8 Å². The molecule has 0 radical (unpaired) electrons. The summed E-state index contributed by atoms with van der Waals surface area (Å²) in [6.45, 7) is 4.46. The van der Waals surface area contributed by atoms with Gasteiger partial charge in [0.15, 0.2) is 5.65 Å². The van der Waals surface area contributed by atoms with Crippen LogP contribution in [0.4, 0.5) is 0 Å². The molecule has 0 saturated carbocycles. The molecule has 7 heteroatoms. The first-order valence-electron chi connectivity index (χ1n) is 9.41. The standard InChI is InChI=1S/C21H24N4O3/c1-14(2)25-20-17(13-23-25)16(21(28)22-11-7-6-10-19(26)27)12-18(24-20)15-8-4-3-5-9-15/h3-5,8-9,12-14H,6-7,10-11H2,1-2H3,(H,22,28)(H,26,27). The second-order valence-electron chi connectivity index (χ2n) is 6.95. The van der Waals surface area contributed by atoms with Gasteiger partial charge in [-0.2, -0.15) is 5.10 Å². The van der Waals surface area contributed by atoms with Gasteiger partial charge in [0, 0.05) is 24.6 Å². The van der Waals surface area contributed by atoms with E-state index < -0.39 is 5.97 Å².